The minimum Gasteiger partial charge on any atom is -0.0616 e. The topological polar surface area (TPSA) is 0 Å². The molecular formula is C44H26. The zero-order chi connectivity index (χ0) is 28.8. The van der Waals surface area contributed by atoms with Crippen LogP contribution in [0.5, 0.6) is 0 Å². The fourth-order valence-corrected chi connectivity index (χ4v) is 7.99. The van der Waals surface area contributed by atoms with E-state index in [1.807, 2.05) is 0 Å². The maximum atomic E-state index is 2.36. The lowest BCUT2D eigenvalue weighted by atomic mass is 9.83. The van der Waals surface area contributed by atoms with Gasteiger partial charge in [-0.1, -0.05) is 158 Å². The first-order chi connectivity index (χ1) is 21.9. The van der Waals surface area contributed by atoms with E-state index in [1.165, 1.54) is 98.4 Å². The molecule has 0 atom stereocenters. The van der Waals surface area contributed by atoms with Gasteiger partial charge < -0.3 is 0 Å². The van der Waals surface area contributed by atoms with Crippen molar-refractivity contribution in [2.24, 2.45) is 0 Å². The van der Waals surface area contributed by atoms with Crippen molar-refractivity contribution in [2.45, 2.75) is 0 Å². The summed E-state index contributed by atoms with van der Waals surface area (Å²) in [6.07, 6.45) is 0. The standard InChI is InChI=1S/C44H26/c1-2-12-28-27(11-1)23-24-32-29(28)19-9-20-34(32)42-35-15-5-7-17-37(35)44(38-18-8-6-16-36(38)42)41-26-25-40-31-14-4-3-13-30(31)33-21-10-22-39(41)43(33)40/h1-26H. The molecular weight excluding hydrogens is 528 g/mol. The fourth-order valence-electron chi connectivity index (χ4n) is 7.99. The van der Waals surface area contributed by atoms with Gasteiger partial charge in [-0.25, -0.2) is 0 Å². The maximum absolute atomic E-state index is 2.36. The van der Waals surface area contributed by atoms with Gasteiger partial charge >= 0.3 is 0 Å². The molecule has 0 heteroatoms. The normalized spacial score (nSPS) is 12.1. The lowest BCUT2D eigenvalue weighted by Gasteiger charge is -2.20. The van der Waals surface area contributed by atoms with E-state index in [1.54, 1.807) is 0 Å². The lowest BCUT2D eigenvalue weighted by Crippen LogP contribution is -1.92. The van der Waals surface area contributed by atoms with Crippen molar-refractivity contribution >= 4 is 53.9 Å². The Morgan fingerprint density at radius 1 is 0.205 bits per heavy atom. The van der Waals surface area contributed by atoms with Gasteiger partial charge in [0.25, 0.3) is 0 Å². The molecule has 9 aromatic carbocycles. The second-order valence-electron chi connectivity index (χ2n) is 12.0. The van der Waals surface area contributed by atoms with Crippen molar-refractivity contribution in [3.8, 4) is 44.5 Å². The first-order valence-electron chi connectivity index (χ1n) is 15.4. The molecule has 1 aliphatic rings. The SMILES string of the molecule is c1ccc2c(c1)-c1cccc3c(-c4c5ccccc5c(-c5cccc6c5ccc5ccccc56)c5ccccc45)ccc-2c13. The first-order valence-corrected chi connectivity index (χ1v) is 15.4. The van der Waals surface area contributed by atoms with Crippen LogP contribution < -0.4 is 0 Å². The molecule has 0 spiro atoms. The van der Waals surface area contributed by atoms with Crippen molar-refractivity contribution in [3.05, 3.63) is 158 Å². The largest absolute Gasteiger partial charge is 0.0616 e. The average Bonchev–Trinajstić information content (AvgIpc) is 3.42. The number of fused-ring (bicyclic) bond motifs is 8. The van der Waals surface area contributed by atoms with Crippen LogP contribution in [0.4, 0.5) is 0 Å². The van der Waals surface area contributed by atoms with Crippen LogP contribution in [0.2, 0.25) is 0 Å². The Hall–Kier alpha value is -5.72. The van der Waals surface area contributed by atoms with Gasteiger partial charge in [-0.3, -0.25) is 0 Å². The summed E-state index contributed by atoms with van der Waals surface area (Å²) < 4.78 is 0. The maximum Gasteiger partial charge on any atom is -0.00201 e. The fraction of sp³-hybridized carbons (Fsp3) is 0. The summed E-state index contributed by atoms with van der Waals surface area (Å²) >= 11 is 0. The van der Waals surface area contributed by atoms with Crippen LogP contribution in [-0.4, -0.2) is 0 Å². The highest BCUT2D eigenvalue weighted by Gasteiger charge is 2.24. The molecule has 1 aliphatic carbocycles. The minimum absolute atomic E-state index is 1.27. The molecule has 0 fully saturated rings. The van der Waals surface area contributed by atoms with Crippen LogP contribution >= 0.6 is 0 Å². The molecule has 0 saturated heterocycles. The Bertz CT molecular complexity index is 2570. The first kappa shape index (κ1) is 23.8. The Morgan fingerprint density at radius 2 is 0.636 bits per heavy atom. The number of benzene rings is 9. The second kappa shape index (κ2) is 8.89. The number of rotatable bonds is 2. The van der Waals surface area contributed by atoms with Crippen molar-refractivity contribution in [3.63, 3.8) is 0 Å². The molecule has 10 rings (SSSR count). The third-order valence-electron chi connectivity index (χ3n) is 9.80. The van der Waals surface area contributed by atoms with Crippen molar-refractivity contribution < 1.29 is 0 Å². The summed E-state index contributed by atoms with van der Waals surface area (Å²) in [5, 5.41) is 13.0. The highest BCUT2D eigenvalue weighted by molar-refractivity contribution is 6.28. The molecule has 202 valence electrons. The molecule has 0 aliphatic heterocycles. The van der Waals surface area contributed by atoms with E-state index in [0.717, 1.165) is 0 Å². The van der Waals surface area contributed by atoms with Gasteiger partial charge in [0.1, 0.15) is 0 Å². The number of hydrogen-bond donors (Lipinski definition) is 0. The molecule has 0 bridgehead atoms. The summed E-state index contributed by atoms with van der Waals surface area (Å²) in [5.74, 6) is 0. The second-order valence-corrected chi connectivity index (χ2v) is 12.0. The third kappa shape index (κ3) is 3.12. The van der Waals surface area contributed by atoms with Crippen molar-refractivity contribution in [2.75, 3.05) is 0 Å². The molecule has 44 heavy (non-hydrogen) atoms. The summed E-state index contributed by atoms with van der Waals surface area (Å²) in [6, 6.07) is 58.5. The van der Waals surface area contributed by atoms with Crippen LogP contribution in [0.25, 0.3) is 98.4 Å². The van der Waals surface area contributed by atoms with E-state index in [0.29, 0.717) is 0 Å². The van der Waals surface area contributed by atoms with Crippen LogP contribution in [0, 0.1) is 0 Å². The van der Waals surface area contributed by atoms with Crippen molar-refractivity contribution in [1.29, 1.82) is 0 Å². The van der Waals surface area contributed by atoms with Gasteiger partial charge in [0.15, 0.2) is 0 Å². The molecule has 0 amide bonds. The highest BCUT2D eigenvalue weighted by Crippen LogP contribution is 2.52. The molecule has 0 aromatic heterocycles. The van der Waals surface area contributed by atoms with Gasteiger partial charge in [0, 0.05) is 0 Å². The molecule has 0 unspecified atom stereocenters. The Kier molecular flexibility index (Phi) is 4.81. The Morgan fingerprint density at radius 3 is 1.30 bits per heavy atom. The predicted octanol–water partition coefficient (Wildman–Crippen LogP) is 12.4. The Balaban J connectivity index is 1.34. The predicted molar refractivity (Wildman–Crippen MR) is 189 cm³/mol. The van der Waals surface area contributed by atoms with Gasteiger partial charge in [-0.05, 0) is 98.4 Å². The molecule has 0 N–H and O–H groups in total. The zero-order valence-electron chi connectivity index (χ0n) is 24.0. The van der Waals surface area contributed by atoms with Crippen LogP contribution in [0.15, 0.2) is 158 Å². The molecule has 0 heterocycles. The van der Waals surface area contributed by atoms with E-state index in [-0.39, 0.29) is 0 Å². The van der Waals surface area contributed by atoms with Crippen LogP contribution in [0.1, 0.15) is 0 Å². The molecule has 0 radical (unpaired) electrons. The summed E-state index contributed by atoms with van der Waals surface area (Å²) in [6.45, 7) is 0. The van der Waals surface area contributed by atoms with Crippen LogP contribution in [-0.2, 0) is 0 Å². The minimum atomic E-state index is 1.27. The zero-order valence-corrected chi connectivity index (χ0v) is 24.0. The molecule has 0 saturated carbocycles. The number of hydrogen-bond acceptors (Lipinski definition) is 0. The van der Waals surface area contributed by atoms with Gasteiger partial charge in [-0.2, -0.15) is 0 Å². The van der Waals surface area contributed by atoms with E-state index >= 15 is 0 Å². The van der Waals surface area contributed by atoms with Gasteiger partial charge in [0.2, 0.25) is 0 Å². The van der Waals surface area contributed by atoms with Gasteiger partial charge in [-0.15, -0.1) is 0 Å². The Labute approximate surface area is 255 Å². The van der Waals surface area contributed by atoms with E-state index in [4.69, 9.17) is 0 Å². The summed E-state index contributed by atoms with van der Waals surface area (Å²) in [7, 11) is 0. The van der Waals surface area contributed by atoms with E-state index in [9.17, 15) is 0 Å². The van der Waals surface area contributed by atoms with Gasteiger partial charge in [0.05, 0.1) is 0 Å². The molecule has 0 nitrogen and oxygen atoms in total. The highest BCUT2D eigenvalue weighted by atomic mass is 14.3. The van der Waals surface area contributed by atoms with E-state index < -0.39 is 0 Å². The lowest BCUT2D eigenvalue weighted by molar-refractivity contribution is 1.69. The smallest absolute Gasteiger partial charge is 0.00201 e. The summed E-state index contributed by atoms with van der Waals surface area (Å²) in [4.78, 5) is 0. The average molecular weight is 555 g/mol. The van der Waals surface area contributed by atoms with Crippen molar-refractivity contribution in [1.82, 2.24) is 0 Å². The third-order valence-corrected chi connectivity index (χ3v) is 9.80. The monoisotopic (exact) mass is 554 g/mol. The quantitative estimate of drug-likeness (QED) is 0.147. The summed E-state index contributed by atoms with van der Waals surface area (Å²) in [5.41, 5.74) is 10.5. The van der Waals surface area contributed by atoms with Crippen LogP contribution in [0.3, 0.4) is 0 Å². The molecule has 9 aromatic rings. The van der Waals surface area contributed by atoms with E-state index in [2.05, 4.69) is 158 Å².